The van der Waals surface area contributed by atoms with Crippen molar-refractivity contribution in [3.8, 4) is 22.6 Å². The van der Waals surface area contributed by atoms with Crippen LogP contribution in [0.2, 0.25) is 0 Å². The second-order valence-corrected chi connectivity index (χ2v) is 6.67. The minimum Gasteiger partial charge on any atom is -0.465 e. The molecule has 0 spiro atoms. The number of carbonyl (C=O) groups is 1. The smallest absolute Gasteiger partial charge is 0.341 e. The van der Waals surface area contributed by atoms with Crippen LogP contribution in [0, 0.1) is 17.0 Å². The van der Waals surface area contributed by atoms with Gasteiger partial charge < -0.3 is 9.30 Å². The second-order valence-electron chi connectivity index (χ2n) is 6.67. The van der Waals surface area contributed by atoms with Gasteiger partial charge >= 0.3 is 5.97 Å². The molecule has 0 radical (unpaired) electrons. The summed E-state index contributed by atoms with van der Waals surface area (Å²) in [5, 5.41) is 15.5. The van der Waals surface area contributed by atoms with Gasteiger partial charge in [0, 0.05) is 24.5 Å². The highest BCUT2D eigenvalue weighted by Crippen LogP contribution is 2.26. The number of benzene rings is 2. The molecule has 0 unspecified atom stereocenters. The number of non-ortho nitro benzene ring substituents is 1. The zero-order valence-corrected chi connectivity index (χ0v) is 16.1. The van der Waals surface area contributed by atoms with Gasteiger partial charge in [-0.25, -0.2) is 4.79 Å². The van der Waals surface area contributed by atoms with Crippen LogP contribution in [0.5, 0.6) is 0 Å². The van der Waals surface area contributed by atoms with Gasteiger partial charge in [-0.15, -0.1) is 0 Å². The molecular formula is C21H16N4O5. The van der Waals surface area contributed by atoms with Gasteiger partial charge in [-0.3, -0.25) is 14.9 Å². The van der Waals surface area contributed by atoms with E-state index in [0.29, 0.717) is 11.4 Å². The molecule has 2 aliphatic heterocycles. The molecule has 0 saturated carbocycles. The van der Waals surface area contributed by atoms with Crippen LogP contribution in [-0.4, -0.2) is 32.3 Å². The lowest BCUT2D eigenvalue weighted by Gasteiger charge is -2.11. The summed E-state index contributed by atoms with van der Waals surface area (Å²) in [6, 6.07) is 13.1. The number of hydrogen-bond acceptors (Lipinski definition) is 6. The molecule has 0 atom stereocenters. The summed E-state index contributed by atoms with van der Waals surface area (Å²) in [6.45, 7) is 1.90. The van der Waals surface area contributed by atoms with E-state index in [1.165, 1.54) is 47.0 Å². The van der Waals surface area contributed by atoms with Crippen molar-refractivity contribution >= 4 is 11.7 Å². The molecule has 0 aromatic heterocycles. The third-order valence-corrected chi connectivity index (χ3v) is 4.66. The number of esters is 1. The Morgan fingerprint density at radius 2 is 1.83 bits per heavy atom. The fourth-order valence-electron chi connectivity index (χ4n) is 3.22. The molecule has 9 heteroatoms. The fraction of sp³-hybridized carbons (Fsp3) is 0.0952. The summed E-state index contributed by atoms with van der Waals surface area (Å²) < 4.78 is 7.56. The van der Waals surface area contributed by atoms with Crippen LogP contribution >= 0.6 is 0 Å². The average Bonchev–Trinajstić information content (AvgIpc) is 3.09. The van der Waals surface area contributed by atoms with Gasteiger partial charge in [-0.1, -0.05) is 18.2 Å². The van der Waals surface area contributed by atoms with Gasteiger partial charge in [-0.2, -0.15) is 9.78 Å². The Balaban J connectivity index is 1.99. The largest absolute Gasteiger partial charge is 0.465 e. The maximum Gasteiger partial charge on any atom is 0.341 e. The number of rotatable bonds is 4. The number of pyridine rings is 1. The highest BCUT2D eigenvalue weighted by Gasteiger charge is 2.25. The van der Waals surface area contributed by atoms with Crippen LogP contribution in [-0.2, 0) is 4.74 Å². The second kappa shape index (κ2) is 7.28. The lowest BCUT2D eigenvalue weighted by Crippen LogP contribution is -2.15. The number of nitro groups is 1. The Kier molecular flexibility index (Phi) is 4.63. The number of nitro benzene ring substituents is 1. The predicted octanol–water partition coefficient (Wildman–Crippen LogP) is 3.13. The molecule has 0 amide bonds. The van der Waals surface area contributed by atoms with Crippen molar-refractivity contribution in [2.24, 2.45) is 0 Å². The number of aryl methyl sites for hydroxylation is 1. The minimum absolute atomic E-state index is 0.0741. The van der Waals surface area contributed by atoms with Gasteiger partial charge in [0.15, 0.2) is 0 Å². The monoisotopic (exact) mass is 404 g/mol. The summed E-state index contributed by atoms with van der Waals surface area (Å²) in [5.74, 6) is -0.673. The van der Waals surface area contributed by atoms with E-state index in [4.69, 9.17) is 4.74 Å². The van der Waals surface area contributed by atoms with Crippen molar-refractivity contribution < 1.29 is 14.5 Å². The predicted molar refractivity (Wildman–Crippen MR) is 109 cm³/mol. The van der Waals surface area contributed by atoms with Crippen molar-refractivity contribution in [3.63, 3.8) is 0 Å². The maximum absolute atomic E-state index is 13.1. The Labute approximate surface area is 170 Å². The number of nitrogens with zero attached hydrogens (tertiary/aromatic N) is 4. The van der Waals surface area contributed by atoms with Gasteiger partial charge in [0.1, 0.15) is 11.3 Å². The van der Waals surface area contributed by atoms with E-state index in [0.717, 1.165) is 5.56 Å². The number of methoxy groups -OCH3 is 1. The van der Waals surface area contributed by atoms with E-state index < -0.39 is 16.5 Å². The lowest BCUT2D eigenvalue weighted by molar-refractivity contribution is -0.384. The molecule has 0 N–H and O–H groups in total. The molecule has 4 rings (SSSR count). The Morgan fingerprint density at radius 3 is 2.53 bits per heavy atom. The molecule has 30 heavy (non-hydrogen) atoms. The highest BCUT2D eigenvalue weighted by molar-refractivity contribution is 5.96. The summed E-state index contributed by atoms with van der Waals surface area (Å²) in [4.78, 5) is 36.1. The quantitative estimate of drug-likeness (QED) is 0.294. The standard InChI is InChI=1S/C21H16N4O5/c1-13-5-3-7-15(9-13)24-20(26)17-11-23(12-18(19(17)22-24)21(27)30-2)14-6-4-8-16(10-14)25(28)29/h3-12H,1-2H3. The molecule has 0 saturated heterocycles. The molecular weight excluding hydrogens is 388 g/mol. The van der Waals surface area contributed by atoms with Crippen molar-refractivity contribution in [1.29, 1.82) is 0 Å². The SMILES string of the molecule is COC(=O)c1cn(-c2cccc([N+](=O)[O-])c2)cc2c(=O)n(-c3cccc(C)c3)nc1-2. The van der Waals surface area contributed by atoms with Gasteiger partial charge in [0.05, 0.1) is 29.0 Å². The Hall–Kier alpha value is -4.27. The first-order valence-corrected chi connectivity index (χ1v) is 8.94. The van der Waals surface area contributed by atoms with Gasteiger partial charge in [0.25, 0.3) is 11.2 Å². The Morgan fingerprint density at radius 1 is 1.10 bits per heavy atom. The normalized spacial score (nSPS) is 10.9. The summed E-state index contributed by atoms with van der Waals surface area (Å²) in [6.07, 6.45) is 2.95. The van der Waals surface area contributed by atoms with Crippen LogP contribution in [0.1, 0.15) is 15.9 Å². The number of aromatic nitrogens is 3. The zero-order valence-electron chi connectivity index (χ0n) is 16.1. The van der Waals surface area contributed by atoms with Crippen LogP contribution in [0.25, 0.3) is 22.6 Å². The summed E-state index contributed by atoms with van der Waals surface area (Å²) >= 11 is 0. The number of fused-ring (bicyclic) bond motifs is 1. The molecule has 0 aliphatic carbocycles. The van der Waals surface area contributed by atoms with E-state index in [9.17, 15) is 19.7 Å². The van der Waals surface area contributed by atoms with E-state index in [-0.39, 0.29) is 22.5 Å². The Bertz CT molecular complexity index is 1320. The van der Waals surface area contributed by atoms with Crippen molar-refractivity contribution in [3.05, 3.63) is 92.5 Å². The van der Waals surface area contributed by atoms with Crippen molar-refractivity contribution in [1.82, 2.24) is 14.3 Å². The average molecular weight is 404 g/mol. The summed E-state index contributed by atoms with van der Waals surface area (Å²) in [5.41, 5.74) is 1.85. The van der Waals surface area contributed by atoms with Crippen LogP contribution in [0.3, 0.4) is 0 Å². The van der Waals surface area contributed by atoms with Gasteiger partial charge in [-0.05, 0) is 30.7 Å². The molecule has 2 aromatic carbocycles. The topological polar surface area (TPSA) is 109 Å². The molecule has 0 bridgehead atoms. The molecule has 2 aromatic rings. The van der Waals surface area contributed by atoms with Crippen molar-refractivity contribution in [2.75, 3.05) is 7.11 Å². The zero-order chi connectivity index (χ0) is 21.4. The first-order chi connectivity index (χ1) is 14.4. The van der Waals surface area contributed by atoms with Crippen LogP contribution in [0.15, 0.2) is 65.7 Å². The third kappa shape index (κ3) is 3.22. The molecule has 0 fully saturated rings. The number of hydrogen-bond donors (Lipinski definition) is 0. The lowest BCUT2D eigenvalue weighted by atomic mass is 10.1. The third-order valence-electron chi connectivity index (χ3n) is 4.66. The minimum atomic E-state index is -0.673. The van der Waals surface area contributed by atoms with E-state index in [1.807, 2.05) is 13.0 Å². The number of ether oxygens (including phenoxy) is 1. The summed E-state index contributed by atoms with van der Waals surface area (Å²) in [7, 11) is 1.23. The number of carbonyl (C=O) groups excluding carboxylic acids is 1. The van der Waals surface area contributed by atoms with E-state index in [1.54, 1.807) is 24.3 Å². The van der Waals surface area contributed by atoms with E-state index in [2.05, 4.69) is 5.10 Å². The molecule has 2 heterocycles. The first-order valence-electron chi connectivity index (χ1n) is 8.94. The van der Waals surface area contributed by atoms with E-state index >= 15 is 0 Å². The maximum atomic E-state index is 13.1. The first kappa shape index (κ1) is 19.1. The molecule has 2 aliphatic rings. The van der Waals surface area contributed by atoms with Crippen LogP contribution < -0.4 is 5.56 Å². The van der Waals surface area contributed by atoms with Crippen LogP contribution in [0.4, 0.5) is 5.69 Å². The highest BCUT2D eigenvalue weighted by atomic mass is 16.6. The van der Waals surface area contributed by atoms with Gasteiger partial charge in [0.2, 0.25) is 0 Å². The molecule has 150 valence electrons. The van der Waals surface area contributed by atoms with Crippen molar-refractivity contribution in [2.45, 2.75) is 6.92 Å². The molecule has 9 nitrogen and oxygen atoms in total. The fourth-order valence-corrected chi connectivity index (χ4v) is 3.22.